The SMILES string of the molecule is O=C(CCCCCNC(=O)CCCC[C@@H]1SC[C@@H]2NC(=O)N[C@@H]21)NCCCCCC(=O)NCCOCCOCCOCCOCCOCCOCCOCCOCCNC(=O)CCC(=O)N1CCCN(S(=O)(=O)c2cccc3c(Cl)cccc23)CC1. The number of ether oxygens (including phenoxy) is 8. The number of thioether (sulfide) groups is 1. The number of hydrogen-bond acceptors (Lipinski definition) is 17. The van der Waals surface area contributed by atoms with Crippen LogP contribution in [0.2, 0.25) is 5.02 Å². The number of unbranched alkanes of at least 4 members (excludes halogenated alkanes) is 5. The van der Waals surface area contributed by atoms with E-state index in [9.17, 15) is 37.2 Å². The highest BCUT2D eigenvalue weighted by Gasteiger charge is 2.42. The second-order valence-corrected chi connectivity index (χ2v) is 24.6. The van der Waals surface area contributed by atoms with Gasteiger partial charge in [0, 0.05) is 111 Å². The van der Waals surface area contributed by atoms with Crippen molar-refractivity contribution in [1.82, 2.24) is 41.1 Å². The van der Waals surface area contributed by atoms with E-state index in [1.54, 1.807) is 41.3 Å². The summed E-state index contributed by atoms with van der Waals surface area (Å²) in [6, 6.07) is 10.6. The summed E-state index contributed by atoms with van der Waals surface area (Å²) in [5.74, 6) is 0.578. The van der Waals surface area contributed by atoms with Crippen molar-refractivity contribution in [3.05, 3.63) is 41.4 Å². The molecule has 0 unspecified atom stereocenters. The van der Waals surface area contributed by atoms with E-state index in [2.05, 4.69) is 31.9 Å². The summed E-state index contributed by atoms with van der Waals surface area (Å²) in [5, 5.41) is 19.6. The number of amides is 7. The lowest BCUT2D eigenvalue weighted by atomic mass is 10.0. The highest BCUT2D eigenvalue weighted by Crippen LogP contribution is 2.33. The average molecular weight is 1270 g/mol. The van der Waals surface area contributed by atoms with E-state index in [4.69, 9.17) is 49.5 Å². The smallest absolute Gasteiger partial charge is 0.315 e. The molecular weight excluding hydrogens is 1180 g/mol. The highest BCUT2D eigenvalue weighted by atomic mass is 35.5. The summed E-state index contributed by atoms with van der Waals surface area (Å²) < 4.78 is 72.9. The van der Waals surface area contributed by atoms with Gasteiger partial charge in [0.2, 0.25) is 39.6 Å². The third-order valence-electron chi connectivity index (χ3n) is 14.4. The van der Waals surface area contributed by atoms with E-state index in [-0.39, 0.29) is 85.0 Å². The number of urea groups is 1. The number of sulfonamides is 1. The van der Waals surface area contributed by atoms with Gasteiger partial charge in [0.25, 0.3) is 0 Å². The Morgan fingerprint density at radius 2 is 0.977 bits per heavy atom. The maximum Gasteiger partial charge on any atom is 0.315 e. The molecule has 0 aliphatic carbocycles. The van der Waals surface area contributed by atoms with Crippen LogP contribution >= 0.6 is 23.4 Å². The molecule has 486 valence electrons. The Morgan fingerprint density at radius 1 is 0.512 bits per heavy atom. The lowest BCUT2D eigenvalue weighted by Gasteiger charge is -2.22. The van der Waals surface area contributed by atoms with Gasteiger partial charge in [-0.1, -0.05) is 55.1 Å². The molecule has 0 aromatic heterocycles. The number of fused-ring (bicyclic) bond motifs is 2. The van der Waals surface area contributed by atoms with Crippen molar-refractivity contribution in [3.8, 4) is 0 Å². The molecule has 0 saturated carbocycles. The summed E-state index contributed by atoms with van der Waals surface area (Å²) in [6.07, 6.45) is 9.66. The molecule has 5 rings (SSSR count). The van der Waals surface area contributed by atoms with Gasteiger partial charge >= 0.3 is 6.03 Å². The molecule has 6 N–H and O–H groups in total. The minimum Gasteiger partial charge on any atom is -0.377 e. The van der Waals surface area contributed by atoms with Crippen LogP contribution in [-0.2, 0) is 71.9 Å². The maximum atomic E-state index is 13.6. The Balaban J connectivity index is 0.666. The van der Waals surface area contributed by atoms with Gasteiger partial charge in [0.15, 0.2) is 0 Å². The number of nitrogens with zero attached hydrogens (tertiary/aromatic N) is 2. The predicted octanol–water partition coefficient (Wildman–Crippen LogP) is 3.94. The van der Waals surface area contributed by atoms with Crippen molar-refractivity contribution in [2.45, 2.75) is 119 Å². The number of benzene rings is 2. The van der Waals surface area contributed by atoms with Gasteiger partial charge in [-0.2, -0.15) is 16.1 Å². The highest BCUT2D eigenvalue weighted by molar-refractivity contribution is 8.00. The van der Waals surface area contributed by atoms with Crippen molar-refractivity contribution in [1.29, 1.82) is 0 Å². The Hall–Kier alpha value is -4.45. The molecule has 27 heteroatoms. The molecular formula is C59H95ClN8O16S2. The molecule has 0 radical (unpaired) electrons. The van der Waals surface area contributed by atoms with Crippen LogP contribution in [0.4, 0.5) is 4.79 Å². The van der Waals surface area contributed by atoms with E-state index >= 15 is 0 Å². The van der Waals surface area contributed by atoms with Crippen molar-refractivity contribution in [2.24, 2.45) is 0 Å². The minimum atomic E-state index is -3.82. The quantitative estimate of drug-likeness (QED) is 0.0404. The maximum absolute atomic E-state index is 13.6. The third kappa shape index (κ3) is 29.7. The summed E-state index contributed by atoms with van der Waals surface area (Å²) in [5.41, 5.74) is 0. The summed E-state index contributed by atoms with van der Waals surface area (Å²) in [6.45, 7) is 9.57. The van der Waals surface area contributed by atoms with E-state index in [0.29, 0.717) is 185 Å². The first-order chi connectivity index (χ1) is 41.9. The molecule has 3 heterocycles. The van der Waals surface area contributed by atoms with Gasteiger partial charge in [-0.3, -0.25) is 24.0 Å². The molecule has 0 bridgehead atoms. The van der Waals surface area contributed by atoms with E-state index < -0.39 is 10.0 Å². The number of carbonyl (C=O) groups is 6. The largest absolute Gasteiger partial charge is 0.377 e. The molecule has 2 aromatic carbocycles. The van der Waals surface area contributed by atoms with Crippen molar-refractivity contribution in [2.75, 3.05) is 164 Å². The standard InChI is InChI=1S/C59H95ClN8O16S2/c60-49-14-9-13-48-47(49)12-10-16-52(48)86(75,76)68-27-11-26-67(28-29-68)57(73)21-20-56(72)64-25-31-78-33-35-80-37-39-82-41-43-84-45-44-83-42-40-81-38-36-79-34-32-77-30-24-63-55(71)18-4-2-8-22-61-53(69)17-3-1-7-23-62-54(70)19-6-5-15-51-58-50(46-85-51)65-59(74)66-58/h9-10,12-14,16,50-51,58H,1-8,11,15,17-46H2,(H,61,69)(H,62,70)(H,63,71)(H,64,72)(H2,65,66,74)/t50-,51-,58-/m0/s1. The first-order valence-corrected chi connectivity index (χ1v) is 33.6. The van der Waals surface area contributed by atoms with Crippen LogP contribution in [0, 0.1) is 0 Å². The lowest BCUT2D eigenvalue weighted by molar-refractivity contribution is -0.133. The molecule has 0 spiro atoms. The van der Waals surface area contributed by atoms with Gasteiger partial charge in [0.05, 0.1) is 123 Å². The topological polar surface area (TPSA) is 289 Å². The molecule has 3 saturated heterocycles. The first-order valence-electron chi connectivity index (χ1n) is 30.7. The Morgan fingerprint density at radius 3 is 1.51 bits per heavy atom. The molecule has 3 aliphatic heterocycles. The molecule has 3 aliphatic rings. The van der Waals surface area contributed by atoms with Gasteiger partial charge in [0.1, 0.15) is 0 Å². The average Bonchev–Trinajstić information content (AvgIpc) is 1.02. The minimum absolute atomic E-state index is 0.0182. The second kappa shape index (κ2) is 44.1. The fraction of sp³-hybridized carbons (Fsp3) is 0.729. The molecule has 3 fully saturated rings. The monoisotopic (exact) mass is 1270 g/mol. The van der Waals surface area contributed by atoms with Crippen molar-refractivity contribution >= 4 is 79.7 Å². The number of nitrogens with one attached hydrogen (secondary N) is 6. The Bertz CT molecular complexity index is 2420. The van der Waals surface area contributed by atoms with Crippen LogP contribution in [0.25, 0.3) is 10.8 Å². The predicted molar refractivity (Wildman–Crippen MR) is 328 cm³/mol. The lowest BCUT2D eigenvalue weighted by Crippen LogP contribution is -2.38. The molecule has 86 heavy (non-hydrogen) atoms. The van der Waals surface area contributed by atoms with E-state index in [1.165, 1.54) is 4.31 Å². The Kier molecular flexibility index (Phi) is 37.0. The zero-order valence-electron chi connectivity index (χ0n) is 50.1. The zero-order valence-corrected chi connectivity index (χ0v) is 52.5. The van der Waals surface area contributed by atoms with Crippen LogP contribution in [0.5, 0.6) is 0 Å². The summed E-state index contributed by atoms with van der Waals surface area (Å²) in [7, 11) is -3.82. The van der Waals surface area contributed by atoms with Gasteiger partial charge < -0.3 is 74.7 Å². The van der Waals surface area contributed by atoms with Crippen molar-refractivity contribution in [3.63, 3.8) is 0 Å². The van der Waals surface area contributed by atoms with Crippen molar-refractivity contribution < 1.29 is 75.1 Å². The summed E-state index contributed by atoms with van der Waals surface area (Å²) >= 11 is 8.21. The fourth-order valence-corrected chi connectivity index (χ4v) is 13.3. The van der Waals surface area contributed by atoms with Crippen LogP contribution in [0.1, 0.15) is 96.3 Å². The fourth-order valence-electron chi connectivity index (χ4n) is 9.79. The summed E-state index contributed by atoms with van der Waals surface area (Å²) in [4.78, 5) is 75.2. The van der Waals surface area contributed by atoms with Crippen LogP contribution in [0.3, 0.4) is 0 Å². The van der Waals surface area contributed by atoms with Gasteiger partial charge in [-0.05, 0) is 57.1 Å². The third-order valence-corrected chi connectivity index (χ3v) is 18.2. The number of halogens is 1. The van der Waals surface area contributed by atoms with E-state index in [1.807, 2.05) is 11.8 Å². The Labute approximate surface area is 517 Å². The first kappa shape index (κ1) is 72.3. The molecule has 7 amide bonds. The molecule has 2 aromatic rings. The normalized spacial score (nSPS) is 17.0. The second-order valence-electron chi connectivity index (χ2n) is 21.0. The van der Waals surface area contributed by atoms with E-state index in [0.717, 1.165) is 63.5 Å². The van der Waals surface area contributed by atoms with Crippen LogP contribution in [0.15, 0.2) is 41.3 Å². The molecule has 24 nitrogen and oxygen atoms in total. The van der Waals surface area contributed by atoms with Crippen LogP contribution < -0.4 is 31.9 Å². The van der Waals surface area contributed by atoms with Gasteiger partial charge in [-0.25, -0.2) is 13.2 Å². The number of carbonyl (C=O) groups excluding carboxylic acids is 6. The molecule has 3 atom stereocenters. The number of hydrogen-bond donors (Lipinski definition) is 6. The number of rotatable bonds is 49. The van der Waals surface area contributed by atoms with Gasteiger partial charge in [-0.15, -0.1) is 0 Å². The van der Waals surface area contributed by atoms with Crippen LogP contribution in [-0.4, -0.2) is 234 Å². The zero-order chi connectivity index (χ0) is 61.3.